The molecule has 0 amide bonds. The van der Waals surface area contributed by atoms with Crippen molar-refractivity contribution >= 4 is 5.82 Å². The molecule has 1 atom stereocenters. The van der Waals surface area contributed by atoms with Crippen molar-refractivity contribution < 1.29 is 14.2 Å². The normalized spacial score (nSPS) is 18.5. The molecule has 0 bridgehead atoms. The minimum absolute atomic E-state index is 0.285. The Morgan fingerprint density at radius 2 is 2.32 bits per heavy atom. The van der Waals surface area contributed by atoms with E-state index < -0.39 is 0 Å². The molecule has 2 rings (SSSR count). The van der Waals surface area contributed by atoms with E-state index in [-0.39, 0.29) is 6.10 Å². The van der Waals surface area contributed by atoms with Crippen LogP contribution in [0.3, 0.4) is 0 Å². The third-order valence-electron chi connectivity index (χ3n) is 2.89. The van der Waals surface area contributed by atoms with Gasteiger partial charge < -0.3 is 19.5 Å². The lowest BCUT2D eigenvalue weighted by atomic mass is 10.2. The maximum atomic E-state index is 5.56. The Bertz CT molecular complexity index is 395. The summed E-state index contributed by atoms with van der Waals surface area (Å²) in [5.74, 6) is 2.03. The molecule has 106 valence electrons. The predicted molar refractivity (Wildman–Crippen MR) is 71.6 cm³/mol. The highest BCUT2D eigenvalue weighted by Crippen LogP contribution is 2.16. The van der Waals surface area contributed by atoms with Crippen LogP contribution in [0, 0.1) is 6.92 Å². The van der Waals surface area contributed by atoms with Crippen molar-refractivity contribution in [3.63, 3.8) is 0 Å². The standard InChI is InChI=1S/C13H21N3O3/c1-10-15-12(14-9-11-4-3-5-18-11)8-13(16-10)19-7-6-17-2/h8,11H,3-7,9H2,1-2H3,(H,14,15,16). The van der Waals surface area contributed by atoms with Crippen molar-refractivity contribution in [2.45, 2.75) is 25.9 Å². The van der Waals surface area contributed by atoms with Crippen molar-refractivity contribution in [2.24, 2.45) is 0 Å². The zero-order valence-corrected chi connectivity index (χ0v) is 11.5. The lowest BCUT2D eigenvalue weighted by molar-refractivity contribution is 0.120. The second kappa shape index (κ2) is 7.25. The van der Waals surface area contributed by atoms with Crippen LogP contribution in [-0.4, -0.2) is 49.5 Å². The van der Waals surface area contributed by atoms with E-state index in [0.29, 0.717) is 24.9 Å². The average Bonchev–Trinajstić information content (AvgIpc) is 2.89. The first-order valence-corrected chi connectivity index (χ1v) is 6.61. The molecule has 1 saturated heterocycles. The van der Waals surface area contributed by atoms with Crippen LogP contribution in [0.15, 0.2) is 6.07 Å². The summed E-state index contributed by atoms with van der Waals surface area (Å²) in [6.07, 6.45) is 2.53. The third-order valence-corrected chi connectivity index (χ3v) is 2.89. The molecule has 0 saturated carbocycles. The van der Waals surface area contributed by atoms with Crippen LogP contribution in [0.5, 0.6) is 5.88 Å². The van der Waals surface area contributed by atoms with Crippen LogP contribution in [0.25, 0.3) is 0 Å². The first-order valence-electron chi connectivity index (χ1n) is 6.61. The summed E-state index contributed by atoms with van der Waals surface area (Å²) < 4.78 is 16.0. The van der Waals surface area contributed by atoms with Crippen LogP contribution in [0.4, 0.5) is 5.82 Å². The molecule has 1 aromatic rings. The number of rotatable bonds is 7. The number of aromatic nitrogens is 2. The Hall–Kier alpha value is -1.40. The highest BCUT2D eigenvalue weighted by atomic mass is 16.5. The summed E-state index contributed by atoms with van der Waals surface area (Å²) in [7, 11) is 1.64. The van der Waals surface area contributed by atoms with E-state index in [1.165, 1.54) is 0 Å². The van der Waals surface area contributed by atoms with Gasteiger partial charge in [-0.1, -0.05) is 0 Å². The number of nitrogens with zero attached hydrogens (tertiary/aromatic N) is 2. The molecule has 2 heterocycles. The van der Waals surface area contributed by atoms with Crippen LogP contribution in [-0.2, 0) is 9.47 Å². The van der Waals surface area contributed by atoms with Crippen molar-refractivity contribution in [1.29, 1.82) is 0 Å². The van der Waals surface area contributed by atoms with Gasteiger partial charge in [-0.2, -0.15) is 4.98 Å². The Morgan fingerprint density at radius 1 is 1.42 bits per heavy atom. The SMILES string of the molecule is COCCOc1cc(NCC2CCCO2)nc(C)n1. The average molecular weight is 267 g/mol. The maximum Gasteiger partial charge on any atom is 0.218 e. The van der Waals surface area contributed by atoms with Gasteiger partial charge in [0.1, 0.15) is 18.2 Å². The second-order valence-corrected chi connectivity index (χ2v) is 4.50. The molecular weight excluding hydrogens is 246 g/mol. The smallest absolute Gasteiger partial charge is 0.218 e. The fourth-order valence-electron chi connectivity index (χ4n) is 1.96. The van der Waals surface area contributed by atoms with E-state index in [1.54, 1.807) is 13.2 Å². The lowest BCUT2D eigenvalue weighted by Gasteiger charge is -2.12. The van der Waals surface area contributed by atoms with Gasteiger partial charge in [0, 0.05) is 26.3 Å². The predicted octanol–water partition coefficient (Wildman–Crippen LogP) is 1.40. The van der Waals surface area contributed by atoms with Crippen molar-refractivity contribution in [1.82, 2.24) is 9.97 Å². The van der Waals surface area contributed by atoms with Crippen LogP contribution < -0.4 is 10.1 Å². The maximum absolute atomic E-state index is 5.56. The molecule has 0 radical (unpaired) electrons. The first kappa shape index (κ1) is 14.0. The van der Waals surface area contributed by atoms with E-state index in [4.69, 9.17) is 14.2 Å². The number of aryl methyl sites for hydroxylation is 1. The van der Waals surface area contributed by atoms with Gasteiger partial charge in [-0.3, -0.25) is 0 Å². The Morgan fingerprint density at radius 3 is 3.05 bits per heavy atom. The molecule has 1 aliphatic rings. The van der Waals surface area contributed by atoms with E-state index in [1.807, 2.05) is 6.92 Å². The molecule has 6 heteroatoms. The summed E-state index contributed by atoms with van der Waals surface area (Å²) in [5.41, 5.74) is 0. The van der Waals surface area contributed by atoms with Gasteiger partial charge in [0.2, 0.25) is 5.88 Å². The van der Waals surface area contributed by atoms with Crippen LogP contribution in [0.2, 0.25) is 0 Å². The largest absolute Gasteiger partial charge is 0.475 e. The van der Waals surface area contributed by atoms with Gasteiger partial charge in [-0.05, 0) is 19.8 Å². The fourth-order valence-corrected chi connectivity index (χ4v) is 1.96. The zero-order chi connectivity index (χ0) is 13.5. The molecule has 0 aliphatic carbocycles. The molecule has 1 aliphatic heterocycles. The molecule has 1 N–H and O–H groups in total. The zero-order valence-electron chi connectivity index (χ0n) is 11.5. The minimum Gasteiger partial charge on any atom is -0.475 e. The Labute approximate surface area is 113 Å². The number of hydrogen-bond acceptors (Lipinski definition) is 6. The van der Waals surface area contributed by atoms with Gasteiger partial charge >= 0.3 is 0 Å². The third kappa shape index (κ3) is 4.65. The fraction of sp³-hybridized carbons (Fsp3) is 0.692. The summed E-state index contributed by atoms with van der Waals surface area (Å²) in [4.78, 5) is 8.56. The van der Waals surface area contributed by atoms with Gasteiger partial charge in [-0.15, -0.1) is 0 Å². The number of anilines is 1. The molecule has 0 aromatic carbocycles. The van der Waals surface area contributed by atoms with Gasteiger partial charge in [-0.25, -0.2) is 4.98 Å². The molecule has 1 fully saturated rings. The summed E-state index contributed by atoms with van der Waals surface area (Å²) >= 11 is 0. The monoisotopic (exact) mass is 267 g/mol. The highest BCUT2D eigenvalue weighted by Gasteiger charge is 2.15. The van der Waals surface area contributed by atoms with E-state index in [0.717, 1.165) is 31.8 Å². The first-order chi connectivity index (χ1) is 9.28. The molecule has 19 heavy (non-hydrogen) atoms. The number of hydrogen-bond donors (Lipinski definition) is 1. The van der Waals surface area contributed by atoms with Gasteiger partial charge in [0.15, 0.2) is 0 Å². The molecule has 1 unspecified atom stereocenters. The Balaban J connectivity index is 1.87. The van der Waals surface area contributed by atoms with Crippen LogP contribution in [0.1, 0.15) is 18.7 Å². The Kier molecular flexibility index (Phi) is 5.35. The van der Waals surface area contributed by atoms with Gasteiger partial charge in [0.25, 0.3) is 0 Å². The van der Waals surface area contributed by atoms with Crippen molar-refractivity contribution in [2.75, 3.05) is 38.8 Å². The summed E-state index contributed by atoms with van der Waals surface area (Å²) in [6, 6.07) is 1.80. The second-order valence-electron chi connectivity index (χ2n) is 4.50. The van der Waals surface area contributed by atoms with E-state index >= 15 is 0 Å². The van der Waals surface area contributed by atoms with Crippen molar-refractivity contribution in [3.05, 3.63) is 11.9 Å². The molecular formula is C13H21N3O3. The highest BCUT2D eigenvalue weighted by molar-refractivity contribution is 5.38. The molecule has 0 spiro atoms. The summed E-state index contributed by atoms with van der Waals surface area (Å²) in [6.45, 7) is 4.51. The molecule has 6 nitrogen and oxygen atoms in total. The van der Waals surface area contributed by atoms with E-state index in [9.17, 15) is 0 Å². The lowest BCUT2D eigenvalue weighted by Crippen LogP contribution is -2.19. The summed E-state index contributed by atoms with van der Waals surface area (Å²) in [5, 5.41) is 3.27. The molecule has 1 aromatic heterocycles. The van der Waals surface area contributed by atoms with Crippen LogP contribution >= 0.6 is 0 Å². The number of nitrogens with one attached hydrogen (secondary N) is 1. The van der Waals surface area contributed by atoms with E-state index in [2.05, 4.69) is 15.3 Å². The van der Waals surface area contributed by atoms with Crippen molar-refractivity contribution in [3.8, 4) is 5.88 Å². The number of methoxy groups -OCH3 is 1. The minimum atomic E-state index is 0.285. The topological polar surface area (TPSA) is 65.5 Å². The number of ether oxygens (including phenoxy) is 3. The van der Waals surface area contributed by atoms with Gasteiger partial charge in [0.05, 0.1) is 12.7 Å². The quantitative estimate of drug-likeness (QED) is 0.753.